The van der Waals surface area contributed by atoms with E-state index in [1.54, 1.807) is 0 Å². The zero-order valence-corrected chi connectivity index (χ0v) is 83.0. The van der Waals surface area contributed by atoms with Gasteiger partial charge in [-0.1, -0.05) is 428 Å². The highest BCUT2D eigenvalue weighted by Gasteiger charge is 2.52. The summed E-state index contributed by atoms with van der Waals surface area (Å²) in [5.74, 6) is 0. The lowest BCUT2D eigenvalue weighted by molar-refractivity contribution is 0.652. The maximum absolute atomic E-state index is 6.44. The monoisotopic (exact) mass is 1900 g/mol. The van der Waals surface area contributed by atoms with E-state index in [-0.39, 0.29) is 10.8 Å². The van der Waals surface area contributed by atoms with E-state index in [2.05, 4.69) is 559 Å². The topological polar surface area (TPSA) is 32.8 Å². The molecular weight excluding hydrogens is 1800 g/mol. The molecule has 0 N–H and O–H groups in total. The lowest BCUT2D eigenvalue weighted by atomic mass is 9.70. The van der Waals surface area contributed by atoms with Gasteiger partial charge in [-0.05, 0) is 334 Å². The van der Waals surface area contributed by atoms with Crippen LogP contribution >= 0.6 is 0 Å². The number of para-hydroxylation sites is 2. The third kappa shape index (κ3) is 14.9. The summed E-state index contributed by atoms with van der Waals surface area (Å²) in [6.07, 6.45) is 0. The molecule has 0 aliphatic heterocycles. The van der Waals surface area contributed by atoms with Gasteiger partial charge in [0.15, 0.2) is 0 Å². The Balaban J connectivity index is 0.000000143. The molecule has 0 atom stereocenters. The maximum Gasteiger partial charge on any atom is 0.136 e. The minimum atomic E-state index is -0.565. The third-order valence-electron chi connectivity index (χ3n) is 32.3. The zero-order chi connectivity index (χ0) is 99.2. The standard InChI is InChI=1S/C73H47NO.C72H53NO/c1-3-13-48(14-4-1)50-23-27-52(28-24-50)54-31-37-58(38-32-54)74(59-39-33-55(34-40-59)53-29-25-51(26-30-53)49-15-5-2-6-16-49)60-41-44-64-63-42-35-56(57-36-43-66-65-19-9-12-22-71(65)75-72(66)46-57)45-69(63)73(70(64)47-60)67-20-10-7-17-61(67)62-18-8-11-21-68(62)73;1-71(2)65-41-54(55-32-39-62-61-17-11-12-18-69(61)74-70(62)42-55)31-38-59(65)63-44-68-64(45-67(63)71)60-40-37-58(43-66(60)72(68,3)4)73(56-33-27-52(28-34-56)50-23-19-48(20-24-50)46-13-7-5-8-14-46)57-35-29-53(30-36-57)51-25-21-49(22-26-51)47-15-9-6-10-16-47/h1-47H;5-45H,1-4H3. The van der Waals surface area contributed by atoms with Crippen LogP contribution in [-0.4, -0.2) is 0 Å². The Bertz CT molecular complexity index is 9240. The molecule has 0 radical (unpaired) electrons. The Morgan fingerprint density at radius 1 is 0.134 bits per heavy atom. The average Bonchev–Trinajstić information content (AvgIpc) is 1.49. The molecule has 4 aliphatic carbocycles. The molecule has 0 fully saturated rings. The van der Waals surface area contributed by atoms with E-state index >= 15 is 0 Å². The van der Waals surface area contributed by atoms with Crippen molar-refractivity contribution < 1.29 is 8.83 Å². The Kier molecular flexibility index (Phi) is 20.9. The molecule has 23 aromatic carbocycles. The number of nitrogens with zero attached hydrogens (tertiary/aromatic N) is 2. The van der Waals surface area contributed by atoms with Gasteiger partial charge in [0.1, 0.15) is 22.3 Å². The van der Waals surface area contributed by atoms with Crippen molar-refractivity contribution in [1.82, 2.24) is 0 Å². The summed E-state index contributed by atoms with van der Waals surface area (Å²) in [6, 6.07) is 196. The number of rotatable bonds is 16. The maximum atomic E-state index is 6.44. The van der Waals surface area contributed by atoms with E-state index in [0.717, 1.165) is 89.1 Å². The first-order valence-corrected chi connectivity index (χ1v) is 51.8. The average molecular weight is 1900 g/mol. The summed E-state index contributed by atoms with van der Waals surface area (Å²) in [7, 11) is 0. The molecule has 4 aliphatic rings. The van der Waals surface area contributed by atoms with Crippen molar-refractivity contribution in [2.24, 2.45) is 0 Å². The van der Waals surface area contributed by atoms with Gasteiger partial charge in [0.05, 0.1) is 5.41 Å². The van der Waals surface area contributed by atoms with Gasteiger partial charge in [0.25, 0.3) is 0 Å². The quantitative estimate of drug-likeness (QED) is 0.0965. The summed E-state index contributed by atoms with van der Waals surface area (Å²) in [6.45, 7) is 9.61. The van der Waals surface area contributed by atoms with Gasteiger partial charge < -0.3 is 18.6 Å². The summed E-state index contributed by atoms with van der Waals surface area (Å²) in [5, 5.41) is 4.59. The van der Waals surface area contributed by atoms with E-state index in [1.165, 1.54) is 189 Å². The van der Waals surface area contributed by atoms with Gasteiger partial charge in [-0.15, -0.1) is 0 Å². The molecule has 0 saturated heterocycles. The fourth-order valence-electron chi connectivity index (χ4n) is 24.6. The van der Waals surface area contributed by atoms with E-state index < -0.39 is 5.41 Å². The summed E-state index contributed by atoms with van der Waals surface area (Å²) < 4.78 is 12.8. The Morgan fingerprint density at radius 3 is 0.678 bits per heavy atom. The summed E-state index contributed by atoms with van der Waals surface area (Å²) in [5.41, 5.74) is 54.2. The Hall–Kier alpha value is -18.7. The Labute approximate surface area is 868 Å². The normalized spacial score (nSPS) is 13.1. The molecule has 702 valence electrons. The highest BCUT2D eigenvalue weighted by molar-refractivity contribution is 6.08. The first kappa shape index (κ1) is 88.0. The van der Waals surface area contributed by atoms with Gasteiger partial charge in [-0.3, -0.25) is 0 Å². The van der Waals surface area contributed by atoms with Gasteiger partial charge in [0.2, 0.25) is 0 Å². The second-order valence-electron chi connectivity index (χ2n) is 41.3. The number of anilines is 6. The zero-order valence-electron chi connectivity index (χ0n) is 83.0. The lowest BCUT2D eigenvalue weighted by Crippen LogP contribution is -2.26. The molecule has 0 unspecified atom stereocenters. The van der Waals surface area contributed by atoms with Crippen molar-refractivity contribution in [2.45, 2.75) is 43.9 Å². The van der Waals surface area contributed by atoms with E-state index in [0.29, 0.717) is 0 Å². The molecule has 0 bridgehead atoms. The van der Waals surface area contributed by atoms with Crippen LogP contribution in [-0.2, 0) is 16.2 Å². The highest BCUT2D eigenvalue weighted by atomic mass is 16.3. The van der Waals surface area contributed by atoms with Crippen molar-refractivity contribution in [1.29, 1.82) is 0 Å². The number of fused-ring (bicyclic) bond motifs is 22. The van der Waals surface area contributed by atoms with Crippen molar-refractivity contribution in [2.75, 3.05) is 9.80 Å². The molecule has 2 aromatic heterocycles. The summed E-state index contributed by atoms with van der Waals surface area (Å²) >= 11 is 0. The molecule has 25 aromatic rings. The third-order valence-corrected chi connectivity index (χ3v) is 32.3. The fourth-order valence-corrected chi connectivity index (χ4v) is 24.6. The predicted molar refractivity (Wildman–Crippen MR) is 623 cm³/mol. The van der Waals surface area contributed by atoms with Crippen LogP contribution in [0.1, 0.15) is 72.2 Å². The molecule has 0 amide bonds. The van der Waals surface area contributed by atoms with Crippen LogP contribution in [0.5, 0.6) is 0 Å². The van der Waals surface area contributed by atoms with E-state index in [1.807, 2.05) is 12.1 Å². The predicted octanol–water partition coefficient (Wildman–Crippen LogP) is 39.7. The van der Waals surface area contributed by atoms with Gasteiger partial charge >= 0.3 is 0 Å². The van der Waals surface area contributed by atoms with Crippen molar-refractivity contribution in [3.8, 4) is 156 Å². The van der Waals surface area contributed by atoms with E-state index in [9.17, 15) is 0 Å². The molecular formula is C145H100N2O2. The molecule has 4 heteroatoms. The van der Waals surface area contributed by atoms with Crippen LogP contribution in [0.2, 0.25) is 0 Å². The first-order valence-electron chi connectivity index (χ1n) is 51.8. The largest absolute Gasteiger partial charge is 0.456 e. The second kappa shape index (κ2) is 35.4. The number of hydrogen-bond donors (Lipinski definition) is 0. The number of hydrogen-bond acceptors (Lipinski definition) is 4. The minimum Gasteiger partial charge on any atom is -0.456 e. The van der Waals surface area contributed by atoms with Gasteiger partial charge in [-0.25, -0.2) is 0 Å². The molecule has 2 heterocycles. The van der Waals surface area contributed by atoms with Crippen LogP contribution in [0.15, 0.2) is 543 Å². The fraction of sp³-hybridized carbons (Fsp3) is 0.0483. The van der Waals surface area contributed by atoms with Crippen LogP contribution in [0, 0.1) is 0 Å². The van der Waals surface area contributed by atoms with E-state index in [4.69, 9.17) is 8.83 Å². The van der Waals surface area contributed by atoms with Crippen molar-refractivity contribution in [3.63, 3.8) is 0 Å². The molecule has 29 rings (SSSR count). The highest BCUT2D eigenvalue weighted by Crippen LogP contribution is 2.65. The van der Waals surface area contributed by atoms with Crippen molar-refractivity contribution >= 4 is 78.0 Å². The smallest absolute Gasteiger partial charge is 0.136 e. The molecule has 1 spiro atoms. The van der Waals surface area contributed by atoms with Crippen LogP contribution in [0.3, 0.4) is 0 Å². The minimum absolute atomic E-state index is 0.186. The van der Waals surface area contributed by atoms with Gasteiger partial charge in [-0.2, -0.15) is 0 Å². The molecule has 149 heavy (non-hydrogen) atoms. The molecule has 4 nitrogen and oxygen atoms in total. The van der Waals surface area contributed by atoms with Crippen LogP contribution < -0.4 is 9.80 Å². The second-order valence-corrected chi connectivity index (χ2v) is 41.3. The summed E-state index contributed by atoms with van der Waals surface area (Å²) in [4.78, 5) is 4.86. The Morgan fingerprint density at radius 2 is 0.342 bits per heavy atom. The van der Waals surface area contributed by atoms with Gasteiger partial charge in [0, 0.05) is 66.5 Å². The number of benzene rings is 23. The first-order chi connectivity index (χ1) is 73.3. The van der Waals surface area contributed by atoms with Crippen molar-refractivity contribution in [3.05, 3.63) is 578 Å². The SMILES string of the molecule is CC1(C)c2cc(-c3ccc4c(c3)oc3ccccc34)ccc2-c2cc3c(cc21)-c1ccc(N(c2ccc(-c4ccc(-c5ccccc5)cc4)cc2)c2ccc(-c4ccc(-c5ccccc5)cc4)cc2)cc1C3(C)C.c1ccc(-c2ccc(-c3ccc(N(c4ccc(-c5ccc(-c6ccccc6)cc5)cc4)c4ccc5c(c4)C4(c6ccccc6-c6ccccc64)c4cc(-c6ccc7c(c6)oc6ccccc67)ccc4-5)cc3)cc2)cc1. The molecule has 0 saturated carbocycles. The number of furan rings is 2. The van der Waals surface area contributed by atoms with Crippen LogP contribution in [0.4, 0.5) is 34.1 Å². The van der Waals surface area contributed by atoms with Crippen LogP contribution in [0.25, 0.3) is 200 Å². The lowest BCUT2D eigenvalue weighted by Gasteiger charge is -2.32.